The third kappa shape index (κ3) is 1.93. The molecular weight excluding hydrogens is 184 g/mol. The molecule has 5 heteroatoms. The van der Waals surface area contributed by atoms with E-state index in [2.05, 4.69) is 5.10 Å². The summed E-state index contributed by atoms with van der Waals surface area (Å²) in [7, 11) is 0. The van der Waals surface area contributed by atoms with Crippen LogP contribution in [0.5, 0.6) is 0 Å². The van der Waals surface area contributed by atoms with Gasteiger partial charge in [0.2, 0.25) is 0 Å². The van der Waals surface area contributed by atoms with Gasteiger partial charge in [-0.25, -0.2) is 4.79 Å². The molecule has 1 aliphatic heterocycles. The minimum Gasteiger partial charge on any atom is -0.476 e. The zero-order valence-electron chi connectivity index (χ0n) is 7.72. The molecule has 0 aliphatic carbocycles. The third-order valence-electron chi connectivity index (χ3n) is 2.27. The molecule has 1 fully saturated rings. The highest BCUT2D eigenvalue weighted by atomic mass is 16.5. The molecule has 2 heterocycles. The minimum atomic E-state index is -0.990. The topological polar surface area (TPSA) is 64.3 Å². The van der Waals surface area contributed by atoms with Crippen LogP contribution >= 0.6 is 0 Å². The molecule has 1 aliphatic rings. The fraction of sp³-hybridized carbons (Fsp3) is 0.556. The lowest BCUT2D eigenvalue weighted by atomic mass is 10.2. The first-order valence-corrected chi connectivity index (χ1v) is 4.64. The maximum absolute atomic E-state index is 10.5. The molecule has 0 bridgehead atoms. The van der Waals surface area contributed by atoms with E-state index in [1.54, 1.807) is 10.9 Å². The highest BCUT2D eigenvalue weighted by Crippen LogP contribution is 2.13. The summed E-state index contributed by atoms with van der Waals surface area (Å²) in [6.45, 7) is 1.45. The Bertz CT molecular complexity index is 329. The van der Waals surface area contributed by atoms with Gasteiger partial charge in [-0.3, -0.25) is 4.68 Å². The standard InChI is InChI=1S/C9H12N2O3/c12-9(13)8-3-4-11(10-8)6-7-2-1-5-14-7/h3-4,7H,1-2,5-6H2,(H,12,13). The van der Waals surface area contributed by atoms with E-state index in [0.29, 0.717) is 6.54 Å². The van der Waals surface area contributed by atoms with Crippen molar-refractivity contribution in [3.8, 4) is 0 Å². The van der Waals surface area contributed by atoms with Crippen molar-refractivity contribution >= 4 is 5.97 Å². The molecule has 1 N–H and O–H groups in total. The van der Waals surface area contributed by atoms with Gasteiger partial charge in [-0.1, -0.05) is 0 Å². The first-order valence-electron chi connectivity index (χ1n) is 4.64. The van der Waals surface area contributed by atoms with Crippen LogP contribution in [0.3, 0.4) is 0 Å². The van der Waals surface area contributed by atoms with Gasteiger partial charge < -0.3 is 9.84 Å². The summed E-state index contributed by atoms with van der Waals surface area (Å²) >= 11 is 0. The molecule has 1 unspecified atom stereocenters. The summed E-state index contributed by atoms with van der Waals surface area (Å²) in [5, 5.41) is 12.6. The number of carboxylic acid groups (broad SMARTS) is 1. The van der Waals surface area contributed by atoms with Crippen LogP contribution in [0.2, 0.25) is 0 Å². The summed E-state index contributed by atoms with van der Waals surface area (Å²) in [4.78, 5) is 10.5. The SMILES string of the molecule is O=C(O)c1ccn(CC2CCCO2)n1. The van der Waals surface area contributed by atoms with Gasteiger partial charge >= 0.3 is 5.97 Å². The molecule has 0 aromatic carbocycles. The van der Waals surface area contributed by atoms with Crippen molar-refractivity contribution < 1.29 is 14.6 Å². The predicted octanol–water partition coefficient (Wildman–Crippen LogP) is 0.760. The van der Waals surface area contributed by atoms with Gasteiger partial charge in [0.05, 0.1) is 12.6 Å². The molecule has 76 valence electrons. The zero-order chi connectivity index (χ0) is 9.97. The van der Waals surface area contributed by atoms with Crippen LogP contribution in [0.15, 0.2) is 12.3 Å². The van der Waals surface area contributed by atoms with Crippen LogP contribution < -0.4 is 0 Å². The summed E-state index contributed by atoms with van der Waals surface area (Å²) in [6, 6.07) is 1.50. The molecule has 0 amide bonds. The third-order valence-corrected chi connectivity index (χ3v) is 2.27. The molecule has 0 saturated carbocycles. The lowest BCUT2D eigenvalue weighted by Gasteiger charge is -2.08. The molecule has 1 aromatic rings. The lowest BCUT2D eigenvalue weighted by Crippen LogP contribution is -2.15. The fourth-order valence-corrected chi connectivity index (χ4v) is 1.57. The number of carbonyl (C=O) groups is 1. The van der Waals surface area contributed by atoms with Crippen molar-refractivity contribution in [3.05, 3.63) is 18.0 Å². The van der Waals surface area contributed by atoms with Crippen molar-refractivity contribution in [3.63, 3.8) is 0 Å². The summed E-state index contributed by atoms with van der Waals surface area (Å²) < 4.78 is 7.04. The number of aromatic nitrogens is 2. The van der Waals surface area contributed by atoms with Gasteiger partial charge in [0.25, 0.3) is 0 Å². The van der Waals surface area contributed by atoms with Gasteiger partial charge in [-0.15, -0.1) is 0 Å². The van der Waals surface area contributed by atoms with Gasteiger partial charge in [-0.05, 0) is 18.9 Å². The van der Waals surface area contributed by atoms with Crippen LogP contribution in [0.25, 0.3) is 0 Å². The van der Waals surface area contributed by atoms with Gasteiger partial charge in [0.1, 0.15) is 0 Å². The molecule has 1 atom stereocenters. The second kappa shape index (κ2) is 3.79. The van der Waals surface area contributed by atoms with E-state index in [0.717, 1.165) is 19.4 Å². The highest BCUT2D eigenvalue weighted by molar-refractivity contribution is 5.84. The first kappa shape index (κ1) is 9.21. The largest absolute Gasteiger partial charge is 0.476 e. The smallest absolute Gasteiger partial charge is 0.356 e. The average molecular weight is 196 g/mol. The second-order valence-electron chi connectivity index (χ2n) is 3.36. The molecule has 2 rings (SSSR count). The Morgan fingerprint density at radius 1 is 1.79 bits per heavy atom. The van der Waals surface area contributed by atoms with E-state index in [4.69, 9.17) is 9.84 Å². The number of hydrogen-bond donors (Lipinski definition) is 1. The quantitative estimate of drug-likeness (QED) is 0.775. The maximum atomic E-state index is 10.5. The number of nitrogens with zero attached hydrogens (tertiary/aromatic N) is 2. The Labute approximate surface area is 81.3 Å². The number of aromatic carboxylic acids is 1. The van der Waals surface area contributed by atoms with E-state index in [1.807, 2.05) is 0 Å². The molecule has 0 spiro atoms. The van der Waals surface area contributed by atoms with Crippen LogP contribution in [-0.4, -0.2) is 33.6 Å². The average Bonchev–Trinajstić information content (AvgIpc) is 2.75. The van der Waals surface area contributed by atoms with Crippen LogP contribution in [0.1, 0.15) is 23.3 Å². The lowest BCUT2D eigenvalue weighted by molar-refractivity contribution is 0.0685. The van der Waals surface area contributed by atoms with Crippen molar-refractivity contribution in [1.29, 1.82) is 0 Å². The molecule has 5 nitrogen and oxygen atoms in total. The Morgan fingerprint density at radius 2 is 2.64 bits per heavy atom. The Balaban J connectivity index is 1.98. The number of carboxylic acids is 1. The first-order chi connectivity index (χ1) is 6.75. The van der Waals surface area contributed by atoms with Gasteiger partial charge in [0.15, 0.2) is 5.69 Å². The molecule has 0 radical (unpaired) electrons. The molecular formula is C9H12N2O3. The molecule has 1 saturated heterocycles. The summed E-state index contributed by atoms with van der Waals surface area (Å²) in [5.41, 5.74) is 0.0861. The van der Waals surface area contributed by atoms with Gasteiger partial charge in [0, 0.05) is 12.8 Å². The summed E-state index contributed by atoms with van der Waals surface area (Å²) in [5.74, 6) is -0.990. The van der Waals surface area contributed by atoms with E-state index in [-0.39, 0.29) is 11.8 Å². The van der Waals surface area contributed by atoms with Crippen molar-refractivity contribution in [2.45, 2.75) is 25.5 Å². The van der Waals surface area contributed by atoms with Crippen LogP contribution in [0, 0.1) is 0 Å². The highest BCUT2D eigenvalue weighted by Gasteiger charge is 2.17. The van der Waals surface area contributed by atoms with Crippen molar-refractivity contribution in [1.82, 2.24) is 9.78 Å². The van der Waals surface area contributed by atoms with Crippen LogP contribution in [-0.2, 0) is 11.3 Å². The fourth-order valence-electron chi connectivity index (χ4n) is 1.57. The monoisotopic (exact) mass is 196 g/mol. The van der Waals surface area contributed by atoms with Crippen LogP contribution in [0.4, 0.5) is 0 Å². The van der Waals surface area contributed by atoms with E-state index in [1.165, 1.54) is 6.07 Å². The van der Waals surface area contributed by atoms with E-state index >= 15 is 0 Å². The number of hydrogen-bond acceptors (Lipinski definition) is 3. The molecule has 14 heavy (non-hydrogen) atoms. The van der Waals surface area contributed by atoms with E-state index < -0.39 is 5.97 Å². The Kier molecular flexibility index (Phi) is 2.49. The van der Waals surface area contributed by atoms with Crippen molar-refractivity contribution in [2.24, 2.45) is 0 Å². The number of ether oxygens (including phenoxy) is 1. The zero-order valence-corrected chi connectivity index (χ0v) is 7.72. The van der Waals surface area contributed by atoms with Gasteiger partial charge in [-0.2, -0.15) is 5.10 Å². The molecule has 1 aromatic heterocycles. The predicted molar refractivity (Wildman–Crippen MR) is 48.2 cm³/mol. The minimum absolute atomic E-state index is 0.0861. The maximum Gasteiger partial charge on any atom is 0.356 e. The second-order valence-corrected chi connectivity index (χ2v) is 3.36. The Hall–Kier alpha value is -1.36. The number of rotatable bonds is 3. The van der Waals surface area contributed by atoms with Crippen molar-refractivity contribution in [2.75, 3.05) is 6.61 Å². The Morgan fingerprint density at radius 3 is 3.21 bits per heavy atom. The normalized spacial score (nSPS) is 21.3. The summed E-state index contributed by atoms with van der Waals surface area (Å²) in [6.07, 6.45) is 3.97. The van der Waals surface area contributed by atoms with E-state index in [9.17, 15) is 4.79 Å².